The Kier molecular flexibility index (Phi) is 5.58. The van der Waals surface area contributed by atoms with Crippen molar-refractivity contribution in [2.75, 3.05) is 7.11 Å². The number of ether oxygens (including phenoxy) is 1. The smallest absolute Gasteiger partial charge is 0.278 e. The molecule has 0 aliphatic heterocycles. The number of methoxy groups -OCH3 is 1. The third kappa shape index (κ3) is 4.21. The van der Waals surface area contributed by atoms with Crippen molar-refractivity contribution < 1.29 is 9.53 Å². The van der Waals surface area contributed by atoms with Crippen LogP contribution >= 0.6 is 0 Å². The monoisotopic (exact) mass is 416 g/mol. The molecular formula is C24H24N4O3. The molecule has 2 aromatic carbocycles. The molecular weight excluding hydrogens is 392 g/mol. The van der Waals surface area contributed by atoms with Gasteiger partial charge in [-0.15, -0.1) is 0 Å². The van der Waals surface area contributed by atoms with Crippen molar-refractivity contribution in [2.24, 2.45) is 7.05 Å². The van der Waals surface area contributed by atoms with Gasteiger partial charge in [-0.25, -0.2) is 4.98 Å². The lowest BCUT2D eigenvalue weighted by atomic mass is 10.1. The van der Waals surface area contributed by atoms with Crippen molar-refractivity contribution in [3.05, 3.63) is 82.5 Å². The van der Waals surface area contributed by atoms with E-state index in [1.807, 2.05) is 61.7 Å². The molecule has 4 rings (SSSR count). The van der Waals surface area contributed by atoms with E-state index in [1.54, 1.807) is 18.7 Å². The van der Waals surface area contributed by atoms with Gasteiger partial charge in [0.05, 0.1) is 13.4 Å². The minimum Gasteiger partial charge on any atom is -0.497 e. The van der Waals surface area contributed by atoms with E-state index in [9.17, 15) is 9.59 Å². The molecule has 0 spiro atoms. The fraction of sp³-hybridized carbons (Fsp3) is 0.208. The summed E-state index contributed by atoms with van der Waals surface area (Å²) in [7, 11) is 3.42. The van der Waals surface area contributed by atoms with Crippen molar-refractivity contribution in [1.29, 1.82) is 0 Å². The molecule has 1 amide bonds. The molecule has 0 saturated heterocycles. The lowest BCUT2D eigenvalue weighted by molar-refractivity contribution is -0.121. The molecule has 0 radical (unpaired) electrons. The number of nitrogens with zero attached hydrogens (tertiary/aromatic N) is 3. The van der Waals surface area contributed by atoms with Gasteiger partial charge >= 0.3 is 0 Å². The number of fused-ring (bicyclic) bond motifs is 1. The second-order valence-electron chi connectivity index (χ2n) is 7.52. The third-order valence-electron chi connectivity index (χ3n) is 5.25. The van der Waals surface area contributed by atoms with Gasteiger partial charge in [-0.05, 0) is 30.2 Å². The highest BCUT2D eigenvalue weighted by atomic mass is 16.5. The van der Waals surface area contributed by atoms with Gasteiger partial charge in [-0.1, -0.05) is 42.0 Å². The van der Waals surface area contributed by atoms with E-state index in [4.69, 9.17) is 4.74 Å². The van der Waals surface area contributed by atoms with Crippen LogP contribution in [0.3, 0.4) is 0 Å². The summed E-state index contributed by atoms with van der Waals surface area (Å²) >= 11 is 0. The van der Waals surface area contributed by atoms with Crippen LogP contribution in [0.2, 0.25) is 0 Å². The molecule has 7 nitrogen and oxygen atoms in total. The highest BCUT2D eigenvalue weighted by molar-refractivity contribution is 5.92. The van der Waals surface area contributed by atoms with Gasteiger partial charge in [-0.2, -0.15) is 0 Å². The summed E-state index contributed by atoms with van der Waals surface area (Å²) in [6.45, 7) is 2.34. The van der Waals surface area contributed by atoms with E-state index in [0.29, 0.717) is 17.6 Å². The van der Waals surface area contributed by atoms with Crippen LogP contribution < -0.4 is 15.6 Å². The summed E-state index contributed by atoms with van der Waals surface area (Å²) in [6, 6.07) is 15.6. The van der Waals surface area contributed by atoms with Gasteiger partial charge in [0, 0.05) is 25.4 Å². The average molecular weight is 416 g/mol. The van der Waals surface area contributed by atoms with Crippen molar-refractivity contribution in [1.82, 2.24) is 19.4 Å². The summed E-state index contributed by atoms with van der Waals surface area (Å²) < 4.78 is 8.39. The van der Waals surface area contributed by atoms with Crippen LogP contribution in [-0.4, -0.2) is 27.1 Å². The fourth-order valence-corrected chi connectivity index (χ4v) is 3.54. The molecule has 7 heteroatoms. The van der Waals surface area contributed by atoms with E-state index >= 15 is 0 Å². The van der Waals surface area contributed by atoms with Gasteiger partial charge in [-0.3, -0.25) is 14.2 Å². The van der Waals surface area contributed by atoms with E-state index in [2.05, 4.69) is 10.3 Å². The topological polar surface area (TPSA) is 78.1 Å². The lowest BCUT2D eigenvalue weighted by Crippen LogP contribution is -2.32. The Morgan fingerprint density at radius 2 is 1.94 bits per heavy atom. The number of aromatic nitrogens is 3. The maximum absolute atomic E-state index is 13.1. The van der Waals surface area contributed by atoms with Crippen LogP contribution in [0.1, 0.15) is 11.1 Å². The number of carbonyl (C=O) groups is 1. The van der Waals surface area contributed by atoms with Crippen LogP contribution in [0.15, 0.2) is 65.8 Å². The third-order valence-corrected chi connectivity index (χ3v) is 5.25. The Bertz CT molecular complexity index is 1300. The molecule has 1 N–H and O–H groups in total. The second-order valence-corrected chi connectivity index (χ2v) is 7.52. The number of benzene rings is 2. The summed E-state index contributed by atoms with van der Waals surface area (Å²) in [5, 5.41) is 2.85. The van der Waals surface area contributed by atoms with E-state index < -0.39 is 0 Å². The first kappa shape index (κ1) is 20.4. The molecule has 4 aromatic rings. The molecule has 0 bridgehead atoms. The van der Waals surface area contributed by atoms with Crippen LogP contribution in [0.5, 0.6) is 5.75 Å². The molecule has 0 atom stereocenters. The standard InChI is InChI=1S/C24H24N4O3/c1-16-7-9-17(10-8-16)12-25-21(29)14-28-15-26-22-20(13-27(2)23(22)24(28)30)18-5-4-6-19(11-18)31-3/h4-11,13,15H,12,14H2,1-3H3,(H,25,29). The highest BCUT2D eigenvalue weighted by Gasteiger charge is 2.16. The van der Waals surface area contributed by atoms with Crippen molar-refractivity contribution >= 4 is 16.9 Å². The zero-order valence-electron chi connectivity index (χ0n) is 17.8. The molecule has 0 aliphatic rings. The van der Waals surface area contributed by atoms with Crippen molar-refractivity contribution in [3.63, 3.8) is 0 Å². The molecule has 2 aromatic heterocycles. The normalized spacial score (nSPS) is 10.9. The Morgan fingerprint density at radius 1 is 1.16 bits per heavy atom. The number of aryl methyl sites for hydroxylation is 2. The minimum absolute atomic E-state index is 0.0900. The summed E-state index contributed by atoms with van der Waals surface area (Å²) in [5.74, 6) is 0.485. The highest BCUT2D eigenvalue weighted by Crippen LogP contribution is 2.29. The Labute approximate surface area is 179 Å². The molecule has 31 heavy (non-hydrogen) atoms. The minimum atomic E-state index is -0.257. The van der Waals surface area contributed by atoms with Crippen LogP contribution in [0.25, 0.3) is 22.2 Å². The second kappa shape index (κ2) is 8.47. The number of amides is 1. The summed E-state index contributed by atoms with van der Waals surface area (Å²) in [6.07, 6.45) is 3.30. The van der Waals surface area contributed by atoms with Gasteiger partial charge in [0.15, 0.2) is 0 Å². The van der Waals surface area contributed by atoms with Gasteiger partial charge in [0.1, 0.15) is 23.3 Å². The Morgan fingerprint density at radius 3 is 2.68 bits per heavy atom. The van der Waals surface area contributed by atoms with Crippen molar-refractivity contribution in [2.45, 2.75) is 20.0 Å². The number of hydrogen-bond acceptors (Lipinski definition) is 4. The van der Waals surface area contributed by atoms with E-state index in [1.165, 1.54) is 10.9 Å². The molecule has 0 aliphatic carbocycles. The predicted molar refractivity (Wildman–Crippen MR) is 120 cm³/mol. The van der Waals surface area contributed by atoms with Gasteiger partial charge in [0.25, 0.3) is 5.56 Å². The van der Waals surface area contributed by atoms with Crippen LogP contribution in [0.4, 0.5) is 0 Å². The van der Waals surface area contributed by atoms with Crippen LogP contribution in [0, 0.1) is 6.92 Å². The number of nitrogens with one attached hydrogen (secondary N) is 1. The number of carbonyl (C=O) groups excluding carboxylic acids is 1. The Balaban J connectivity index is 1.58. The maximum Gasteiger partial charge on any atom is 0.278 e. The fourth-order valence-electron chi connectivity index (χ4n) is 3.54. The molecule has 0 unspecified atom stereocenters. The molecule has 0 fully saturated rings. The lowest BCUT2D eigenvalue weighted by Gasteiger charge is -2.08. The van der Waals surface area contributed by atoms with Gasteiger partial charge in [0.2, 0.25) is 5.91 Å². The predicted octanol–water partition coefficient (Wildman–Crippen LogP) is 3.04. The van der Waals surface area contributed by atoms with Crippen LogP contribution in [-0.2, 0) is 24.9 Å². The average Bonchev–Trinajstić information content (AvgIpc) is 3.12. The number of rotatable bonds is 6. The van der Waals surface area contributed by atoms with Gasteiger partial charge < -0.3 is 14.6 Å². The van der Waals surface area contributed by atoms with Crippen molar-refractivity contribution in [3.8, 4) is 16.9 Å². The SMILES string of the molecule is COc1cccc(-c2cn(C)c3c(=O)n(CC(=O)NCc4ccc(C)cc4)cnc23)c1. The first-order chi connectivity index (χ1) is 15.0. The quantitative estimate of drug-likeness (QED) is 0.524. The zero-order chi connectivity index (χ0) is 22.0. The first-order valence-electron chi connectivity index (χ1n) is 9.97. The molecule has 158 valence electrons. The van der Waals surface area contributed by atoms with E-state index in [-0.39, 0.29) is 18.0 Å². The Hall–Kier alpha value is -3.87. The molecule has 2 heterocycles. The maximum atomic E-state index is 13.1. The number of hydrogen-bond donors (Lipinski definition) is 1. The molecule has 0 saturated carbocycles. The summed E-state index contributed by atoms with van der Waals surface area (Å²) in [4.78, 5) is 30.0. The first-order valence-corrected chi connectivity index (χ1v) is 9.97. The van der Waals surface area contributed by atoms with E-state index in [0.717, 1.165) is 28.0 Å². The summed E-state index contributed by atoms with van der Waals surface area (Å²) in [5.41, 5.74) is 4.70. The largest absolute Gasteiger partial charge is 0.497 e. The zero-order valence-corrected chi connectivity index (χ0v) is 17.8.